The minimum atomic E-state index is -0.426. The summed E-state index contributed by atoms with van der Waals surface area (Å²) in [7, 11) is 2.21. The zero-order valence-electron chi connectivity index (χ0n) is 13.0. The van der Waals surface area contributed by atoms with E-state index in [0.717, 1.165) is 19.4 Å². The number of esters is 1. The van der Waals surface area contributed by atoms with Gasteiger partial charge in [0.05, 0.1) is 0 Å². The van der Waals surface area contributed by atoms with Crippen LogP contribution >= 0.6 is 0 Å². The van der Waals surface area contributed by atoms with Crippen molar-refractivity contribution in [3.05, 3.63) is 35.9 Å². The van der Waals surface area contributed by atoms with E-state index in [0.29, 0.717) is 12.0 Å². The second-order valence-electron chi connectivity index (χ2n) is 6.54. The van der Waals surface area contributed by atoms with Crippen molar-refractivity contribution >= 4 is 5.97 Å². The van der Waals surface area contributed by atoms with Crippen LogP contribution in [0.2, 0.25) is 0 Å². The Bertz CT molecular complexity index is 501. The first kappa shape index (κ1) is 14.6. The highest BCUT2D eigenvalue weighted by Crippen LogP contribution is 2.48. The average Bonchev–Trinajstić information content (AvgIpc) is 2.51. The van der Waals surface area contributed by atoms with Crippen LogP contribution in [-0.2, 0) is 15.1 Å². The molecule has 2 aliphatic rings. The van der Waals surface area contributed by atoms with Crippen molar-refractivity contribution in [2.45, 2.75) is 50.7 Å². The zero-order valence-corrected chi connectivity index (χ0v) is 13.0. The molecule has 0 amide bonds. The molecule has 0 aromatic heterocycles. The summed E-state index contributed by atoms with van der Waals surface area (Å²) in [6.07, 6.45) is 5.80. The monoisotopic (exact) mass is 287 g/mol. The van der Waals surface area contributed by atoms with E-state index in [-0.39, 0.29) is 5.97 Å². The van der Waals surface area contributed by atoms with Gasteiger partial charge in [-0.1, -0.05) is 43.2 Å². The lowest BCUT2D eigenvalue weighted by molar-refractivity contribution is -0.182. The summed E-state index contributed by atoms with van der Waals surface area (Å²) in [5, 5.41) is 0. The van der Waals surface area contributed by atoms with Crippen molar-refractivity contribution < 1.29 is 9.53 Å². The van der Waals surface area contributed by atoms with E-state index in [1.54, 1.807) is 6.92 Å². The van der Waals surface area contributed by atoms with Crippen LogP contribution in [0.3, 0.4) is 0 Å². The minimum Gasteiger partial charge on any atom is -0.454 e. The normalized spacial score (nSPS) is 33.2. The van der Waals surface area contributed by atoms with Crippen LogP contribution in [0.15, 0.2) is 30.3 Å². The predicted molar refractivity (Wildman–Crippen MR) is 82.9 cm³/mol. The maximum atomic E-state index is 11.8. The molecule has 0 unspecified atom stereocenters. The van der Waals surface area contributed by atoms with Gasteiger partial charge < -0.3 is 9.64 Å². The summed E-state index contributed by atoms with van der Waals surface area (Å²) in [4.78, 5) is 14.3. The molecule has 0 bridgehead atoms. The Morgan fingerprint density at radius 3 is 2.67 bits per heavy atom. The molecule has 114 valence electrons. The topological polar surface area (TPSA) is 29.5 Å². The van der Waals surface area contributed by atoms with Gasteiger partial charge in [-0.25, -0.2) is 0 Å². The number of hydrogen-bond donors (Lipinski definition) is 0. The second-order valence-corrected chi connectivity index (χ2v) is 6.54. The molecule has 3 heteroatoms. The number of benzene rings is 1. The number of carbonyl (C=O) groups is 1. The molecule has 0 N–H and O–H groups in total. The van der Waals surface area contributed by atoms with E-state index in [9.17, 15) is 4.79 Å². The maximum absolute atomic E-state index is 11.8. The minimum absolute atomic E-state index is 0.160. The number of piperidine rings is 1. The van der Waals surface area contributed by atoms with E-state index in [1.165, 1.54) is 24.8 Å². The Labute approximate surface area is 127 Å². The number of nitrogens with zero attached hydrogens (tertiary/aromatic N) is 1. The molecule has 1 aromatic rings. The van der Waals surface area contributed by atoms with Gasteiger partial charge in [0, 0.05) is 31.8 Å². The van der Waals surface area contributed by atoms with Crippen LogP contribution < -0.4 is 0 Å². The highest BCUT2D eigenvalue weighted by Gasteiger charge is 2.51. The van der Waals surface area contributed by atoms with Crippen molar-refractivity contribution in [1.29, 1.82) is 0 Å². The highest BCUT2D eigenvalue weighted by molar-refractivity contribution is 5.67. The molecule has 0 spiro atoms. The molecule has 1 aromatic carbocycles. The average molecular weight is 287 g/mol. The number of likely N-dealkylation sites (tertiary alicyclic amines) is 1. The van der Waals surface area contributed by atoms with E-state index >= 15 is 0 Å². The maximum Gasteiger partial charge on any atom is 0.303 e. The van der Waals surface area contributed by atoms with Crippen molar-refractivity contribution in [2.75, 3.05) is 13.6 Å². The van der Waals surface area contributed by atoms with Gasteiger partial charge in [-0.05, 0) is 25.5 Å². The SMILES string of the molecule is CC(=O)O[C@@]1(c2ccccc2)CCN(C)[C@H]2CCCC[C@H]21. The number of fused-ring (bicyclic) bond motifs is 1. The first-order valence-corrected chi connectivity index (χ1v) is 8.09. The Hall–Kier alpha value is -1.35. The van der Waals surface area contributed by atoms with E-state index in [1.807, 2.05) is 6.07 Å². The smallest absolute Gasteiger partial charge is 0.303 e. The second kappa shape index (κ2) is 5.80. The fraction of sp³-hybridized carbons (Fsp3) is 0.611. The Morgan fingerprint density at radius 1 is 1.24 bits per heavy atom. The van der Waals surface area contributed by atoms with Gasteiger partial charge in [-0.3, -0.25) is 4.79 Å². The molecule has 3 atom stereocenters. The van der Waals surface area contributed by atoms with Crippen LogP contribution in [0.5, 0.6) is 0 Å². The summed E-state index contributed by atoms with van der Waals surface area (Å²) < 4.78 is 6.02. The van der Waals surface area contributed by atoms with Gasteiger partial charge >= 0.3 is 5.97 Å². The van der Waals surface area contributed by atoms with Gasteiger partial charge in [0.25, 0.3) is 0 Å². The molecular formula is C18H25NO2. The van der Waals surface area contributed by atoms with Crippen molar-refractivity contribution in [3.8, 4) is 0 Å². The molecule has 1 aliphatic carbocycles. The molecule has 3 rings (SSSR count). The third kappa shape index (κ3) is 2.59. The van der Waals surface area contributed by atoms with Crippen LogP contribution in [0.25, 0.3) is 0 Å². The Morgan fingerprint density at radius 2 is 1.95 bits per heavy atom. The van der Waals surface area contributed by atoms with Gasteiger partial charge in [0.1, 0.15) is 5.60 Å². The lowest BCUT2D eigenvalue weighted by Crippen LogP contribution is -2.57. The number of hydrogen-bond acceptors (Lipinski definition) is 3. The third-order valence-corrected chi connectivity index (χ3v) is 5.32. The molecule has 1 heterocycles. The molecule has 1 aliphatic heterocycles. The Kier molecular flexibility index (Phi) is 4.03. The number of rotatable bonds is 2. The van der Waals surface area contributed by atoms with Crippen LogP contribution in [-0.4, -0.2) is 30.5 Å². The van der Waals surface area contributed by atoms with Gasteiger partial charge in [0.2, 0.25) is 0 Å². The fourth-order valence-corrected chi connectivity index (χ4v) is 4.40. The quantitative estimate of drug-likeness (QED) is 0.781. The van der Waals surface area contributed by atoms with Crippen LogP contribution in [0.1, 0.15) is 44.6 Å². The van der Waals surface area contributed by atoms with Gasteiger partial charge in [-0.15, -0.1) is 0 Å². The summed E-state index contributed by atoms with van der Waals surface area (Å²) >= 11 is 0. The Balaban J connectivity index is 2.03. The highest BCUT2D eigenvalue weighted by atomic mass is 16.6. The first-order valence-electron chi connectivity index (χ1n) is 8.09. The van der Waals surface area contributed by atoms with E-state index in [2.05, 4.69) is 36.2 Å². The predicted octanol–water partition coefficient (Wildman–Crippen LogP) is 3.34. The van der Waals surface area contributed by atoms with Crippen molar-refractivity contribution in [2.24, 2.45) is 5.92 Å². The fourth-order valence-electron chi connectivity index (χ4n) is 4.40. The lowest BCUT2D eigenvalue weighted by atomic mass is 9.66. The zero-order chi connectivity index (χ0) is 14.9. The van der Waals surface area contributed by atoms with E-state index in [4.69, 9.17) is 4.74 Å². The van der Waals surface area contributed by atoms with Crippen LogP contribution in [0, 0.1) is 5.92 Å². The molecule has 0 radical (unpaired) electrons. The molecule has 21 heavy (non-hydrogen) atoms. The summed E-state index contributed by atoms with van der Waals surface area (Å²) in [5.74, 6) is 0.254. The lowest BCUT2D eigenvalue weighted by Gasteiger charge is -2.53. The third-order valence-electron chi connectivity index (χ3n) is 5.32. The van der Waals surface area contributed by atoms with Gasteiger partial charge in [-0.2, -0.15) is 0 Å². The standard InChI is InChI=1S/C18H25NO2/c1-14(20)21-18(15-8-4-3-5-9-15)12-13-19(2)17-11-7-6-10-16(17)18/h3-5,8-9,16-17H,6-7,10-13H2,1-2H3/t16-,17+,18-/m1/s1. The molecule has 2 fully saturated rings. The molecule has 3 nitrogen and oxygen atoms in total. The summed E-state index contributed by atoms with van der Waals surface area (Å²) in [6.45, 7) is 2.53. The number of carbonyl (C=O) groups excluding carboxylic acids is 1. The van der Waals surface area contributed by atoms with Crippen molar-refractivity contribution in [3.63, 3.8) is 0 Å². The van der Waals surface area contributed by atoms with Crippen LogP contribution in [0.4, 0.5) is 0 Å². The van der Waals surface area contributed by atoms with Gasteiger partial charge in [0.15, 0.2) is 0 Å². The van der Waals surface area contributed by atoms with Crippen molar-refractivity contribution in [1.82, 2.24) is 4.90 Å². The molecular weight excluding hydrogens is 262 g/mol. The summed E-state index contributed by atoms with van der Waals surface area (Å²) in [6, 6.07) is 10.9. The largest absolute Gasteiger partial charge is 0.454 e. The first-order chi connectivity index (χ1) is 10.1. The summed E-state index contributed by atoms with van der Waals surface area (Å²) in [5.41, 5.74) is 0.746. The molecule has 1 saturated carbocycles. The van der Waals surface area contributed by atoms with E-state index < -0.39 is 5.60 Å². The molecule has 1 saturated heterocycles. The number of ether oxygens (including phenoxy) is 1.